The van der Waals surface area contributed by atoms with Crippen molar-refractivity contribution in [2.24, 2.45) is 0 Å². The Morgan fingerprint density at radius 2 is 1.91 bits per heavy atom. The summed E-state index contributed by atoms with van der Waals surface area (Å²) in [5.74, 6) is -2.39. The number of benzene rings is 1. The Morgan fingerprint density at radius 1 is 1.22 bits per heavy atom. The van der Waals surface area contributed by atoms with Gasteiger partial charge in [-0.05, 0) is 25.3 Å². The van der Waals surface area contributed by atoms with Crippen molar-refractivity contribution in [2.75, 3.05) is 13.1 Å². The average Bonchev–Trinajstić information content (AvgIpc) is 2.57. The topological polar surface area (TPSA) is 84.5 Å². The normalized spacial score (nSPS) is 11.2. The van der Waals surface area contributed by atoms with Crippen molar-refractivity contribution in [3.63, 3.8) is 0 Å². The van der Waals surface area contributed by atoms with E-state index in [2.05, 4.69) is 17.2 Å². The van der Waals surface area contributed by atoms with Crippen LogP contribution in [0.4, 0.5) is 0 Å². The van der Waals surface area contributed by atoms with Crippen LogP contribution in [-0.2, 0) is 25.5 Å². The van der Waals surface area contributed by atoms with Gasteiger partial charge in [0.15, 0.2) is 6.10 Å². The molecule has 6 heteroatoms. The van der Waals surface area contributed by atoms with Gasteiger partial charge in [0.1, 0.15) is 0 Å². The van der Waals surface area contributed by atoms with E-state index in [1.807, 2.05) is 30.3 Å². The molecule has 0 fully saturated rings. The van der Waals surface area contributed by atoms with E-state index in [1.54, 1.807) is 0 Å². The van der Waals surface area contributed by atoms with Crippen LogP contribution in [-0.4, -0.2) is 37.0 Å². The highest BCUT2D eigenvalue weighted by atomic mass is 16.6. The summed E-state index contributed by atoms with van der Waals surface area (Å²) in [5, 5.41) is 4.96. The SMILES string of the molecule is C=CCNC(=O)C(C)OC(=O)C(=O)NCCCc1ccccc1. The van der Waals surface area contributed by atoms with Crippen molar-refractivity contribution in [1.82, 2.24) is 10.6 Å². The van der Waals surface area contributed by atoms with Crippen LogP contribution in [0, 0.1) is 0 Å². The maximum Gasteiger partial charge on any atom is 0.397 e. The lowest BCUT2D eigenvalue weighted by Crippen LogP contribution is -2.40. The van der Waals surface area contributed by atoms with E-state index in [9.17, 15) is 14.4 Å². The zero-order valence-corrected chi connectivity index (χ0v) is 13.2. The molecular formula is C17H22N2O4. The summed E-state index contributed by atoms with van der Waals surface area (Å²) in [7, 11) is 0. The molecule has 1 aromatic carbocycles. The number of esters is 1. The number of carbonyl (C=O) groups excluding carboxylic acids is 3. The van der Waals surface area contributed by atoms with Crippen LogP contribution in [0.1, 0.15) is 18.9 Å². The molecule has 0 saturated carbocycles. The summed E-state index contributed by atoms with van der Waals surface area (Å²) in [4.78, 5) is 34.7. The fourth-order valence-corrected chi connectivity index (χ4v) is 1.80. The summed E-state index contributed by atoms with van der Waals surface area (Å²) in [6.45, 7) is 5.49. The Bertz CT molecular complexity index is 543. The van der Waals surface area contributed by atoms with Crippen molar-refractivity contribution in [3.05, 3.63) is 48.6 Å². The third-order valence-electron chi connectivity index (χ3n) is 3.03. The maximum atomic E-state index is 11.6. The second kappa shape index (κ2) is 10.2. The average molecular weight is 318 g/mol. The third kappa shape index (κ3) is 7.26. The van der Waals surface area contributed by atoms with Gasteiger partial charge in [0.05, 0.1) is 0 Å². The zero-order valence-electron chi connectivity index (χ0n) is 13.2. The Morgan fingerprint density at radius 3 is 2.57 bits per heavy atom. The van der Waals surface area contributed by atoms with Crippen LogP contribution in [0.25, 0.3) is 0 Å². The smallest absolute Gasteiger partial charge is 0.397 e. The minimum Gasteiger partial charge on any atom is -0.445 e. The fourth-order valence-electron chi connectivity index (χ4n) is 1.80. The molecular weight excluding hydrogens is 296 g/mol. The van der Waals surface area contributed by atoms with Crippen LogP contribution in [0.5, 0.6) is 0 Å². The Labute approximate surface area is 135 Å². The Hall–Kier alpha value is -2.63. The van der Waals surface area contributed by atoms with Gasteiger partial charge in [-0.2, -0.15) is 0 Å². The van der Waals surface area contributed by atoms with Gasteiger partial charge in [-0.25, -0.2) is 4.79 Å². The second-order valence-corrected chi connectivity index (χ2v) is 4.93. The molecule has 1 aromatic rings. The monoisotopic (exact) mass is 318 g/mol. The van der Waals surface area contributed by atoms with E-state index in [0.717, 1.165) is 12.0 Å². The van der Waals surface area contributed by atoms with Crippen LogP contribution >= 0.6 is 0 Å². The summed E-state index contributed by atoms with van der Waals surface area (Å²) in [5.41, 5.74) is 1.16. The lowest BCUT2D eigenvalue weighted by atomic mass is 10.1. The number of aryl methyl sites for hydroxylation is 1. The van der Waals surface area contributed by atoms with E-state index >= 15 is 0 Å². The third-order valence-corrected chi connectivity index (χ3v) is 3.03. The molecule has 0 bridgehead atoms. The van der Waals surface area contributed by atoms with E-state index in [1.165, 1.54) is 13.0 Å². The summed E-state index contributed by atoms with van der Waals surface area (Å²) in [6, 6.07) is 9.83. The molecule has 1 unspecified atom stereocenters. The highest BCUT2D eigenvalue weighted by molar-refractivity contribution is 6.32. The van der Waals surface area contributed by atoms with Crippen molar-refractivity contribution in [3.8, 4) is 0 Å². The van der Waals surface area contributed by atoms with Crippen molar-refractivity contribution in [2.45, 2.75) is 25.9 Å². The van der Waals surface area contributed by atoms with Gasteiger partial charge in [0.25, 0.3) is 5.91 Å². The van der Waals surface area contributed by atoms with Crippen LogP contribution < -0.4 is 10.6 Å². The molecule has 6 nitrogen and oxygen atoms in total. The van der Waals surface area contributed by atoms with E-state index in [4.69, 9.17) is 4.74 Å². The van der Waals surface area contributed by atoms with Gasteiger partial charge in [0.2, 0.25) is 0 Å². The molecule has 0 aliphatic carbocycles. The zero-order chi connectivity index (χ0) is 17.1. The number of amides is 2. The number of nitrogens with one attached hydrogen (secondary N) is 2. The van der Waals surface area contributed by atoms with Crippen molar-refractivity contribution >= 4 is 17.8 Å². The maximum absolute atomic E-state index is 11.6. The Balaban J connectivity index is 2.24. The molecule has 0 aliphatic heterocycles. The number of hydrogen-bond acceptors (Lipinski definition) is 4. The van der Waals surface area contributed by atoms with Crippen molar-refractivity contribution in [1.29, 1.82) is 0 Å². The highest BCUT2D eigenvalue weighted by Crippen LogP contribution is 2.01. The second-order valence-electron chi connectivity index (χ2n) is 4.93. The van der Waals surface area contributed by atoms with Gasteiger partial charge in [-0.3, -0.25) is 9.59 Å². The molecule has 23 heavy (non-hydrogen) atoms. The number of carbonyl (C=O) groups is 3. The molecule has 0 radical (unpaired) electrons. The summed E-state index contributed by atoms with van der Waals surface area (Å²) < 4.78 is 4.79. The van der Waals surface area contributed by atoms with Crippen molar-refractivity contribution < 1.29 is 19.1 Å². The lowest BCUT2D eigenvalue weighted by Gasteiger charge is -2.12. The van der Waals surface area contributed by atoms with Crippen LogP contribution in [0.15, 0.2) is 43.0 Å². The minimum absolute atomic E-state index is 0.270. The predicted molar refractivity (Wildman–Crippen MR) is 86.5 cm³/mol. The molecule has 1 atom stereocenters. The highest BCUT2D eigenvalue weighted by Gasteiger charge is 2.22. The number of ether oxygens (including phenoxy) is 1. The molecule has 1 rings (SSSR count). The van der Waals surface area contributed by atoms with Gasteiger partial charge < -0.3 is 15.4 Å². The Kier molecular flexibility index (Phi) is 8.13. The van der Waals surface area contributed by atoms with E-state index in [0.29, 0.717) is 13.0 Å². The van der Waals surface area contributed by atoms with Crippen LogP contribution in [0.3, 0.4) is 0 Å². The molecule has 0 spiro atoms. The van der Waals surface area contributed by atoms with Gasteiger partial charge in [-0.15, -0.1) is 6.58 Å². The van der Waals surface area contributed by atoms with Crippen LogP contribution in [0.2, 0.25) is 0 Å². The number of hydrogen-bond donors (Lipinski definition) is 2. The van der Waals surface area contributed by atoms with E-state index < -0.39 is 23.9 Å². The first-order valence-electron chi connectivity index (χ1n) is 7.46. The minimum atomic E-state index is -1.06. The van der Waals surface area contributed by atoms with Gasteiger partial charge in [-0.1, -0.05) is 36.4 Å². The molecule has 2 amide bonds. The molecule has 2 N–H and O–H groups in total. The number of rotatable bonds is 8. The lowest BCUT2D eigenvalue weighted by molar-refractivity contribution is -0.161. The molecule has 0 aliphatic rings. The first kappa shape index (κ1) is 18.4. The molecule has 124 valence electrons. The first-order chi connectivity index (χ1) is 11.0. The summed E-state index contributed by atoms with van der Waals surface area (Å²) >= 11 is 0. The largest absolute Gasteiger partial charge is 0.445 e. The van der Waals surface area contributed by atoms with Gasteiger partial charge >= 0.3 is 11.9 Å². The quantitative estimate of drug-likeness (QED) is 0.324. The first-order valence-corrected chi connectivity index (χ1v) is 7.46. The predicted octanol–water partition coefficient (Wildman–Crippen LogP) is 0.969. The fraction of sp³-hybridized carbons (Fsp3) is 0.353. The molecule has 0 saturated heterocycles. The molecule has 0 heterocycles. The molecule has 0 aromatic heterocycles. The van der Waals surface area contributed by atoms with E-state index in [-0.39, 0.29) is 6.54 Å². The summed E-state index contributed by atoms with van der Waals surface area (Å²) in [6.07, 6.45) is 1.98. The standard InChI is InChI=1S/C17H22N2O4/c1-3-11-18-15(20)13(2)23-17(22)16(21)19-12-7-10-14-8-5-4-6-9-14/h3-6,8-9,13H,1,7,10-12H2,2H3,(H,18,20)(H,19,21). The van der Waals surface area contributed by atoms with Gasteiger partial charge in [0, 0.05) is 13.1 Å².